The molecule has 0 saturated heterocycles. The van der Waals surface area contributed by atoms with Gasteiger partial charge in [0.25, 0.3) is 0 Å². The first-order valence-electron chi connectivity index (χ1n) is 4.78. The molecule has 4 heteroatoms. The fourth-order valence-corrected chi connectivity index (χ4v) is 1.27. The Bertz CT molecular complexity index is 488. The second-order valence-corrected chi connectivity index (χ2v) is 3.21. The van der Waals surface area contributed by atoms with Crippen LogP contribution in [0.15, 0.2) is 42.5 Å². The van der Waals surface area contributed by atoms with E-state index in [9.17, 15) is 4.39 Å². The first-order chi connectivity index (χ1) is 7.78. The van der Waals surface area contributed by atoms with Gasteiger partial charge in [-0.3, -0.25) is 0 Å². The lowest BCUT2D eigenvalue weighted by molar-refractivity contribution is 0.281. The number of pyridine rings is 1. The van der Waals surface area contributed by atoms with Crippen molar-refractivity contribution >= 4 is 0 Å². The highest BCUT2D eigenvalue weighted by atomic mass is 19.1. The van der Waals surface area contributed by atoms with Crippen molar-refractivity contribution in [2.75, 3.05) is 0 Å². The van der Waals surface area contributed by atoms with E-state index in [1.165, 1.54) is 12.1 Å². The monoisotopic (exact) mass is 219 g/mol. The van der Waals surface area contributed by atoms with Crippen LogP contribution in [0.3, 0.4) is 0 Å². The van der Waals surface area contributed by atoms with Crippen molar-refractivity contribution in [1.82, 2.24) is 4.98 Å². The molecule has 0 amide bonds. The van der Waals surface area contributed by atoms with Gasteiger partial charge in [0.2, 0.25) is 11.8 Å². The Hall–Kier alpha value is -1.94. The molecule has 0 saturated carbocycles. The molecule has 0 bridgehead atoms. The zero-order valence-corrected chi connectivity index (χ0v) is 8.43. The van der Waals surface area contributed by atoms with E-state index in [0.29, 0.717) is 5.75 Å². The molecule has 0 spiro atoms. The summed E-state index contributed by atoms with van der Waals surface area (Å²) in [5.74, 6) is 0.121. The third kappa shape index (κ3) is 2.55. The van der Waals surface area contributed by atoms with E-state index >= 15 is 0 Å². The minimum absolute atomic E-state index is 0.0617. The van der Waals surface area contributed by atoms with E-state index in [-0.39, 0.29) is 12.5 Å². The van der Waals surface area contributed by atoms with Gasteiger partial charge >= 0.3 is 0 Å². The summed E-state index contributed by atoms with van der Waals surface area (Å²) in [4.78, 5) is 3.57. The Morgan fingerprint density at radius 2 is 2.00 bits per heavy atom. The Morgan fingerprint density at radius 3 is 2.75 bits per heavy atom. The van der Waals surface area contributed by atoms with Gasteiger partial charge in [0, 0.05) is 6.07 Å². The van der Waals surface area contributed by atoms with Gasteiger partial charge in [-0.2, -0.15) is 9.37 Å². The van der Waals surface area contributed by atoms with Crippen molar-refractivity contribution in [1.29, 1.82) is 0 Å². The minimum Gasteiger partial charge on any atom is -0.439 e. The lowest BCUT2D eigenvalue weighted by Crippen LogP contribution is -1.91. The molecule has 2 rings (SSSR count). The van der Waals surface area contributed by atoms with Gasteiger partial charge in [-0.25, -0.2) is 0 Å². The topological polar surface area (TPSA) is 42.4 Å². The molecule has 0 fully saturated rings. The fourth-order valence-electron chi connectivity index (χ4n) is 1.27. The van der Waals surface area contributed by atoms with Crippen LogP contribution >= 0.6 is 0 Å². The van der Waals surface area contributed by atoms with Gasteiger partial charge in [-0.1, -0.05) is 18.2 Å². The molecule has 82 valence electrons. The number of aliphatic hydroxyl groups excluding tert-OH is 1. The number of rotatable bonds is 3. The third-order valence-electron chi connectivity index (χ3n) is 1.99. The molecule has 0 atom stereocenters. The molecule has 0 aliphatic rings. The molecule has 1 N–H and O–H groups in total. The number of benzene rings is 1. The summed E-state index contributed by atoms with van der Waals surface area (Å²) in [5.41, 5.74) is 0.730. The molecular formula is C12H10FNO2. The van der Waals surface area contributed by atoms with E-state index in [2.05, 4.69) is 4.98 Å². The lowest BCUT2D eigenvalue weighted by atomic mass is 10.2. The largest absolute Gasteiger partial charge is 0.439 e. The number of hydrogen-bond donors (Lipinski definition) is 1. The highest BCUT2D eigenvalue weighted by molar-refractivity contribution is 5.31. The van der Waals surface area contributed by atoms with Crippen LogP contribution in [0.5, 0.6) is 11.6 Å². The lowest BCUT2D eigenvalue weighted by Gasteiger charge is -2.05. The zero-order valence-electron chi connectivity index (χ0n) is 8.43. The van der Waals surface area contributed by atoms with Crippen molar-refractivity contribution < 1.29 is 14.2 Å². The van der Waals surface area contributed by atoms with E-state index in [1.807, 2.05) is 0 Å². The van der Waals surface area contributed by atoms with Crippen LogP contribution in [-0.2, 0) is 6.61 Å². The smallest absolute Gasteiger partial charge is 0.221 e. The molecule has 0 aliphatic heterocycles. The molecule has 0 unspecified atom stereocenters. The minimum atomic E-state index is -0.587. The quantitative estimate of drug-likeness (QED) is 0.806. The van der Waals surface area contributed by atoms with Crippen molar-refractivity contribution in [3.05, 3.63) is 54.0 Å². The Morgan fingerprint density at radius 1 is 1.19 bits per heavy atom. The average molecular weight is 219 g/mol. The molecule has 3 nitrogen and oxygen atoms in total. The molecule has 16 heavy (non-hydrogen) atoms. The van der Waals surface area contributed by atoms with Crippen molar-refractivity contribution in [3.63, 3.8) is 0 Å². The number of halogens is 1. The summed E-state index contributed by atoms with van der Waals surface area (Å²) in [6.07, 6.45) is 0. The average Bonchev–Trinajstić information content (AvgIpc) is 2.29. The Balaban J connectivity index is 2.20. The van der Waals surface area contributed by atoms with E-state index in [0.717, 1.165) is 5.56 Å². The number of ether oxygens (including phenoxy) is 1. The van der Waals surface area contributed by atoms with Gasteiger partial charge in [-0.15, -0.1) is 0 Å². The molecule has 0 radical (unpaired) electrons. The third-order valence-corrected chi connectivity index (χ3v) is 1.99. The van der Waals surface area contributed by atoms with Crippen molar-refractivity contribution in [2.24, 2.45) is 0 Å². The number of aromatic nitrogens is 1. The highest BCUT2D eigenvalue weighted by Crippen LogP contribution is 2.20. The number of aliphatic hydroxyl groups is 1. The number of nitrogens with zero attached hydrogens (tertiary/aromatic N) is 1. The fraction of sp³-hybridized carbons (Fsp3) is 0.0833. The maximum atomic E-state index is 12.8. The standard InChI is InChI=1S/C12H10FNO2/c13-11-5-2-6-12(14-11)16-10-4-1-3-9(7-10)8-15/h1-7,15H,8H2. The van der Waals surface area contributed by atoms with Gasteiger partial charge < -0.3 is 9.84 Å². The van der Waals surface area contributed by atoms with Gasteiger partial charge in [-0.05, 0) is 23.8 Å². The van der Waals surface area contributed by atoms with Crippen LogP contribution in [-0.4, -0.2) is 10.1 Å². The first-order valence-corrected chi connectivity index (χ1v) is 4.78. The summed E-state index contributed by atoms with van der Waals surface area (Å²) < 4.78 is 18.1. The molecule has 2 aromatic rings. The first kappa shape index (κ1) is 10.6. The summed E-state index contributed by atoms with van der Waals surface area (Å²) in [6.45, 7) is -0.0617. The van der Waals surface area contributed by atoms with Crippen molar-refractivity contribution in [2.45, 2.75) is 6.61 Å². The van der Waals surface area contributed by atoms with Crippen LogP contribution in [0.2, 0.25) is 0 Å². The number of hydrogen-bond acceptors (Lipinski definition) is 3. The van der Waals surface area contributed by atoms with E-state index in [4.69, 9.17) is 9.84 Å². The van der Waals surface area contributed by atoms with E-state index in [1.54, 1.807) is 30.3 Å². The molecular weight excluding hydrogens is 209 g/mol. The van der Waals surface area contributed by atoms with Crippen LogP contribution in [0, 0.1) is 5.95 Å². The predicted molar refractivity (Wildman–Crippen MR) is 56.6 cm³/mol. The molecule has 1 heterocycles. The Labute approximate surface area is 92.1 Å². The SMILES string of the molecule is OCc1cccc(Oc2cccc(F)n2)c1. The predicted octanol–water partition coefficient (Wildman–Crippen LogP) is 2.51. The van der Waals surface area contributed by atoms with Gasteiger partial charge in [0.15, 0.2) is 0 Å². The second kappa shape index (κ2) is 4.72. The summed E-state index contributed by atoms with van der Waals surface area (Å²) in [5, 5.41) is 8.94. The van der Waals surface area contributed by atoms with E-state index < -0.39 is 5.95 Å². The molecule has 1 aromatic heterocycles. The van der Waals surface area contributed by atoms with Crippen LogP contribution in [0.1, 0.15) is 5.56 Å². The maximum Gasteiger partial charge on any atom is 0.221 e. The zero-order chi connectivity index (χ0) is 11.4. The Kier molecular flexibility index (Phi) is 3.12. The van der Waals surface area contributed by atoms with Crippen LogP contribution in [0.4, 0.5) is 4.39 Å². The summed E-state index contributed by atoms with van der Waals surface area (Å²) in [7, 11) is 0. The van der Waals surface area contributed by atoms with Gasteiger partial charge in [0.05, 0.1) is 6.61 Å². The maximum absolute atomic E-state index is 12.8. The normalized spacial score (nSPS) is 10.1. The van der Waals surface area contributed by atoms with Crippen molar-refractivity contribution in [3.8, 4) is 11.6 Å². The van der Waals surface area contributed by atoms with Gasteiger partial charge in [0.1, 0.15) is 5.75 Å². The summed E-state index contributed by atoms with van der Waals surface area (Å²) >= 11 is 0. The highest BCUT2D eigenvalue weighted by Gasteiger charge is 2.00. The van der Waals surface area contributed by atoms with Crippen LogP contribution in [0.25, 0.3) is 0 Å². The molecule has 1 aromatic carbocycles. The molecule has 0 aliphatic carbocycles. The summed E-state index contributed by atoms with van der Waals surface area (Å²) in [6, 6.07) is 11.2. The van der Waals surface area contributed by atoms with Crippen LogP contribution < -0.4 is 4.74 Å². The second-order valence-electron chi connectivity index (χ2n) is 3.21.